The molecule has 1 N–H and O–H groups in total. The van der Waals surface area contributed by atoms with Crippen LogP contribution in [0.4, 0.5) is 0 Å². The van der Waals surface area contributed by atoms with Crippen LogP contribution in [0.25, 0.3) is 0 Å². The highest BCUT2D eigenvalue weighted by Crippen LogP contribution is 1.84. The van der Waals surface area contributed by atoms with Crippen molar-refractivity contribution < 1.29 is 7.58 Å². The number of hydrogen-bond donors (Lipinski definition) is 1. The number of rotatable bonds is 2. The fourth-order valence-electron chi connectivity index (χ4n) is 0.220. The van der Waals surface area contributed by atoms with Crippen molar-refractivity contribution in [1.29, 1.82) is 0 Å². The first-order valence-electron chi connectivity index (χ1n) is 3.25. The van der Waals surface area contributed by atoms with E-state index in [1.54, 1.807) is 0 Å². The maximum atomic E-state index is 10.1. The molecule has 0 spiro atoms. The molecule has 0 aromatic heterocycles. The summed E-state index contributed by atoms with van der Waals surface area (Å²) < 4.78 is 13.3. The third kappa shape index (κ3) is 5.47. The normalized spacial score (nSPS) is 13.0. The number of nitrogens with one attached hydrogen (secondary N) is 1. The van der Waals surface area contributed by atoms with Crippen LogP contribution in [-0.2, 0) is 4.79 Å². The Hall–Kier alpha value is -0.530. The van der Waals surface area contributed by atoms with Crippen LogP contribution in [-0.4, -0.2) is 12.9 Å². The van der Waals surface area contributed by atoms with E-state index in [4.69, 9.17) is 2.78 Å². The molecule has 0 aromatic rings. The Balaban J connectivity index is 3.50. The molecule has 0 atom stereocenters. The Morgan fingerprint density at radius 3 is 2.86 bits per heavy atom. The Labute approximate surface area is 46.8 Å². The van der Waals surface area contributed by atoms with Gasteiger partial charge in [0.1, 0.15) is 1.37 Å². The highest BCUT2D eigenvalue weighted by atomic mass is 16.1. The molecule has 0 fully saturated rings. The average Bonchev–Trinajstić information content (AvgIpc) is 1.63. The predicted octanol–water partition coefficient (Wildman–Crippen LogP) is 0.388. The molecule has 1 amide bonds. The van der Waals surface area contributed by atoms with Crippen LogP contribution in [0.1, 0.15) is 15.2 Å². The van der Waals surface area contributed by atoms with Gasteiger partial charge in [-0.15, -0.1) is 0 Å². The van der Waals surface area contributed by atoms with Gasteiger partial charge in [0.25, 0.3) is 0 Å². The van der Waals surface area contributed by atoms with Crippen LogP contribution in [0.15, 0.2) is 0 Å². The number of carbonyl (C=O) groups excluding carboxylic acids is 1. The van der Waals surface area contributed by atoms with Gasteiger partial charge in [-0.3, -0.25) is 4.79 Å². The Bertz CT molecular complexity index is 105. The topological polar surface area (TPSA) is 29.1 Å². The van der Waals surface area contributed by atoms with Crippen molar-refractivity contribution in [2.75, 3.05) is 6.54 Å². The van der Waals surface area contributed by atoms with Crippen LogP contribution in [0.2, 0.25) is 1.41 Å². The lowest BCUT2D eigenvalue weighted by Crippen LogP contribution is -2.16. The third-order valence-electron chi connectivity index (χ3n) is 0.521. The minimum Gasteiger partial charge on any atom is -0.358 e. The van der Waals surface area contributed by atoms with Crippen molar-refractivity contribution in [2.24, 2.45) is 5.92 Å². The van der Waals surface area contributed by atoms with E-state index in [0.29, 0.717) is 11.9 Å². The molecule has 0 aliphatic heterocycles. The molecule has 2 heteroatoms. The van der Waals surface area contributed by atoms with Gasteiger partial charge < -0.3 is 5.31 Å². The quantitative estimate of drug-likeness (QED) is 0.506. The van der Waals surface area contributed by atoms with E-state index in [1.165, 1.54) is 0 Å². The van der Waals surface area contributed by atoms with Gasteiger partial charge in [0.2, 0.25) is 6.39 Å². The molecule has 7 heavy (non-hydrogen) atoms. The second-order valence-electron chi connectivity index (χ2n) is 1.83. The van der Waals surface area contributed by atoms with Gasteiger partial charge in [-0.25, -0.2) is 0 Å². The third-order valence-corrected chi connectivity index (χ3v) is 0.521. The van der Waals surface area contributed by atoms with Gasteiger partial charge >= 0.3 is 0 Å². The van der Waals surface area contributed by atoms with Crippen LogP contribution in [0.5, 0.6) is 0 Å². The minimum absolute atomic E-state index is 0.261. The van der Waals surface area contributed by atoms with Gasteiger partial charge in [-0.05, 0) is 5.92 Å². The Morgan fingerprint density at radius 2 is 2.71 bits per heavy atom. The first kappa shape index (κ1) is 3.47. The molecule has 0 radical (unpaired) electrons. The van der Waals surface area contributed by atoms with Crippen LogP contribution in [0.3, 0.4) is 0 Å². The van der Waals surface area contributed by atoms with Crippen molar-refractivity contribution in [3.05, 3.63) is 0 Å². The standard InChI is InChI=1S/C5H11NO/c1-5(2)3-6-4-7/h4-5H,3H2,1-2H3,(H,6,7)/i4T/hT. The first-order chi connectivity index (χ1) is 4.04. The molecule has 0 saturated carbocycles. The van der Waals surface area contributed by atoms with Gasteiger partial charge in [-0.1, -0.05) is 13.8 Å². The fraction of sp³-hybridized carbons (Fsp3) is 0.800. The second kappa shape index (κ2) is 3.65. The van der Waals surface area contributed by atoms with Crippen molar-refractivity contribution in [2.45, 2.75) is 13.8 Å². The molecule has 0 unspecified atom stereocenters. The Morgan fingerprint density at radius 1 is 2.14 bits per heavy atom. The van der Waals surface area contributed by atoms with Crippen molar-refractivity contribution in [3.63, 3.8) is 0 Å². The second-order valence-corrected chi connectivity index (χ2v) is 1.83. The fourth-order valence-corrected chi connectivity index (χ4v) is 0.220. The number of hydrogen-bond acceptors (Lipinski definition) is 1. The maximum Gasteiger partial charge on any atom is 0.207 e. The molecule has 0 heterocycles. The van der Waals surface area contributed by atoms with Crippen molar-refractivity contribution in [3.8, 4) is 0 Å². The molecule has 0 aliphatic rings. The summed E-state index contributed by atoms with van der Waals surface area (Å²) in [6, 6.07) is 0. The molecule has 0 rings (SSSR count). The predicted molar refractivity (Wildman–Crippen MR) is 28.9 cm³/mol. The van der Waals surface area contributed by atoms with E-state index in [2.05, 4.69) is 0 Å². The van der Waals surface area contributed by atoms with Gasteiger partial charge in [0.15, 0.2) is 1.41 Å². The van der Waals surface area contributed by atoms with Crippen molar-refractivity contribution >= 4 is 6.39 Å². The summed E-state index contributed by atoms with van der Waals surface area (Å²) in [7, 11) is 0. The summed E-state index contributed by atoms with van der Waals surface area (Å²) in [5, 5.41) is 0.644. The first-order valence-corrected chi connectivity index (χ1v) is 2.31. The van der Waals surface area contributed by atoms with E-state index in [0.717, 1.165) is 0 Å². The minimum atomic E-state index is -0.941. The Kier molecular flexibility index (Phi) is 1.81. The summed E-state index contributed by atoms with van der Waals surface area (Å²) in [6.07, 6.45) is -0.941. The van der Waals surface area contributed by atoms with Crippen LogP contribution < -0.4 is 5.31 Å². The molecular weight excluding hydrogens is 90.1 g/mol. The number of carbonyl (C=O) groups is 1. The zero-order valence-corrected chi connectivity index (χ0v) is 4.64. The molecule has 0 aliphatic carbocycles. The SMILES string of the molecule is [3H]C(=O)N([3H])CC(C)C. The van der Waals surface area contributed by atoms with E-state index in [9.17, 15) is 4.79 Å². The van der Waals surface area contributed by atoms with Crippen LogP contribution in [0, 0.1) is 5.92 Å². The van der Waals surface area contributed by atoms with E-state index in [1.807, 2.05) is 13.8 Å². The zero-order chi connectivity index (χ0) is 7.44. The zero-order valence-electron chi connectivity index (χ0n) is 6.64. The lowest BCUT2D eigenvalue weighted by molar-refractivity contribution is -0.109. The average molecular weight is 105 g/mol. The lowest BCUT2D eigenvalue weighted by atomic mass is 10.2. The molecule has 0 bridgehead atoms. The summed E-state index contributed by atoms with van der Waals surface area (Å²) in [5.74, 6) is 0.261. The molecule has 42 valence electrons. The largest absolute Gasteiger partial charge is 0.358 e. The molecular formula is C5H11NO. The summed E-state index contributed by atoms with van der Waals surface area (Å²) in [5.41, 5.74) is 0. The van der Waals surface area contributed by atoms with Crippen molar-refractivity contribution in [1.82, 2.24) is 5.31 Å². The number of amides is 1. The summed E-state index contributed by atoms with van der Waals surface area (Å²) in [4.78, 5) is 10.1. The van der Waals surface area contributed by atoms with E-state index >= 15 is 0 Å². The van der Waals surface area contributed by atoms with Crippen LogP contribution >= 0.6 is 0 Å². The molecule has 2 nitrogen and oxygen atoms in total. The lowest BCUT2D eigenvalue weighted by Gasteiger charge is -1.98. The van der Waals surface area contributed by atoms with Gasteiger partial charge in [0.05, 0.1) is 0 Å². The smallest absolute Gasteiger partial charge is 0.207 e. The monoisotopic (exact) mass is 105 g/mol. The summed E-state index contributed by atoms with van der Waals surface area (Å²) >= 11 is 0. The van der Waals surface area contributed by atoms with E-state index < -0.39 is 6.39 Å². The molecule has 0 aromatic carbocycles. The van der Waals surface area contributed by atoms with E-state index in [-0.39, 0.29) is 5.92 Å². The highest BCUT2D eigenvalue weighted by molar-refractivity contribution is 5.45. The van der Waals surface area contributed by atoms with Gasteiger partial charge in [0, 0.05) is 6.54 Å². The molecule has 0 saturated heterocycles. The maximum absolute atomic E-state index is 10.1. The van der Waals surface area contributed by atoms with Gasteiger partial charge in [-0.2, -0.15) is 0 Å². The summed E-state index contributed by atoms with van der Waals surface area (Å²) in [6.45, 7) is 4.12. The highest BCUT2D eigenvalue weighted by Gasteiger charge is 1.86.